The lowest BCUT2D eigenvalue weighted by molar-refractivity contribution is -0.385. The monoisotopic (exact) mass is 281 g/mol. The molecule has 1 aliphatic heterocycles. The molecule has 0 radical (unpaired) electrons. The summed E-state index contributed by atoms with van der Waals surface area (Å²) in [5.74, 6) is -0.412. The summed E-state index contributed by atoms with van der Waals surface area (Å²) in [7, 11) is 2.10. The summed E-state index contributed by atoms with van der Waals surface area (Å²) in [5, 5.41) is 10.9. The summed E-state index contributed by atoms with van der Waals surface area (Å²) in [4.78, 5) is 15.1. The standard InChI is InChI=1S/C14H20FN3O2/c1-16-7-9-17(10-8-16)6-2-3-12-11-13(15)4-5-14(12)18(19)20/h4-5,11H,2-3,6-10H2,1H3. The van der Waals surface area contributed by atoms with Crippen LogP contribution in [0.1, 0.15) is 12.0 Å². The van der Waals surface area contributed by atoms with Gasteiger partial charge >= 0.3 is 0 Å². The fourth-order valence-electron chi connectivity index (χ4n) is 2.50. The molecule has 110 valence electrons. The van der Waals surface area contributed by atoms with Crippen LogP contribution in [0.2, 0.25) is 0 Å². The molecule has 1 heterocycles. The van der Waals surface area contributed by atoms with E-state index in [1.807, 2.05) is 0 Å². The normalized spacial score (nSPS) is 17.3. The smallest absolute Gasteiger partial charge is 0.272 e. The second kappa shape index (κ2) is 6.76. The molecular formula is C14H20FN3O2. The molecule has 1 aliphatic rings. The fraction of sp³-hybridized carbons (Fsp3) is 0.571. The highest BCUT2D eigenvalue weighted by Gasteiger charge is 2.16. The number of aryl methyl sites for hydroxylation is 1. The second-order valence-corrected chi connectivity index (χ2v) is 5.28. The Balaban J connectivity index is 1.87. The summed E-state index contributed by atoms with van der Waals surface area (Å²) in [5.41, 5.74) is 0.508. The average molecular weight is 281 g/mol. The first-order valence-electron chi connectivity index (χ1n) is 6.90. The molecule has 0 N–H and O–H groups in total. The Kier molecular flexibility index (Phi) is 5.03. The molecule has 0 spiro atoms. The molecule has 6 heteroatoms. The minimum absolute atomic E-state index is 0.0183. The Morgan fingerprint density at radius 3 is 2.65 bits per heavy atom. The molecule has 0 unspecified atom stereocenters. The Morgan fingerprint density at radius 1 is 1.30 bits per heavy atom. The van der Waals surface area contributed by atoms with Crippen molar-refractivity contribution in [3.63, 3.8) is 0 Å². The van der Waals surface area contributed by atoms with E-state index in [-0.39, 0.29) is 5.69 Å². The van der Waals surface area contributed by atoms with Crippen molar-refractivity contribution in [1.82, 2.24) is 9.80 Å². The van der Waals surface area contributed by atoms with E-state index in [1.165, 1.54) is 12.1 Å². The quantitative estimate of drug-likeness (QED) is 0.611. The van der Waals surface area contributed by atoms with Crippen molar-refractivity contribution in [2.24, 2.45) is 0 Å². The molecule has 0 amide bonds. The van der Waals surface area contributed by atoms with Crippen LogP contribution in [0.5, 0.6) is 0 Å². The van der Waals surface area contributed by atoms with Crippen LogP contribution in [0.4, 0.5) is 10.1 Å². The molecule has 1 aromatic carbocycles. The van der Waals surface area contributed by atoms with Crippen molar-refractivity contribution >= 4 is 5.69 Å². The zero-order valence-electron chi connectivity index (χ0n) is 11.7. The minimum Gasteiger partial charge on any atom is -0.304 e. The molecular weight excluding hydrogens is 261 g/mol. The summed E-state index contributed by atoms with van der Waals surface area (Å²) in [6, 6.07) is 3.67. The molecule has 0 atom stereocenters. The molecule has 5 nitrogen and oxygen atoms in total. The van der Waals surface area contributed by atoms with Gasteiger partial charge in [0, 0.05) is 37.8 Å². The summed E-state index contributed by atoms with van der Waals surface area (Å²) in [6.45, 7) is 5.07. The maximum absolute atomic E-state index is 13.2. The lowest BCUT2D eigenvalue weighted by Gasteiger charge is -2.32. The number of hydrogen-bond donors (Lipinski definition) is 0. The van der Waals surface area contributed by atoms with Crippen LogP contribution in [0.25, 0.3) is 0 Å². The van der Waals surface area contributed by atoms with Gasteiger partial charge in [-0.3, -0.25) is 10.1 Å². The third-order valence-corrected chi connectivity index (χ3v) is 3.75. The summed E-state index contributed by atoms with van der Waals surface area (Å²) < 4.78 is 13.2. The number of nitrogens with zero attached hydrogens (tertiary/aromatic N) is 3. The number of nitro benzene ring substituents is 1. The van der Waals surface area contributed by atoms with Gasteiger partial charge in [-0.05, 0) is 38.6 Å². The molecule has 1 aromatic rings. The maximum Gasteiger partial charge on any atom is 0.272 e. The van der Waals surface area contributed by atoms with E-state index < -0.39 is 10.7 Å². The van der Waals surface area contributed by atoms with Gasteiger partial charge in [0.2, 0.25) is 0 Å². The van der Waals surface area contributed by atoms with Gasteiger partial charge in [0.25, 0.3) is 5.69 Å². The van der Waals surface area contributed by atoms with Crippen LogP contribution in [0, 0.1) is 15.9 Å². The third kappa shape index (κ3) is 3.98. The van der Waals surface area contributed by atoms with Gasteiger partial charge < -0.3 is 9.80 Å². The number of benzene rings is 1. The van der Waals surface area contributed by atoms with E-state index in [4.69, 9.17) is 0 Å². The van der Waals surface area contributed by atoms with Crippen LogP contribution in [-0.4, -0.2) is 54.5 Å². The first-order valence-corrected chi connectivity index (χ1v) is 6.90. The summed E-state index contributed by atoms with van der Waals surface area (Å²) in [6.07, 6.45) is 1.36. The molecule has 1 fully saturated rings. The first kappa shape index (κ1) is 14.9. The maximum atomic E-state index is 13.2. The van der Waals surface area contributed by atoms with Crippen LogP contribution < -0.4 is 0 Å². The Morgan fingerprint density at radius 2 is 2.00 bits per heavy atom. The van der Waals surface area contributed by atoms with E-state index in [2.05, 4.69) is 16.8 Å². The fourth-order valence-corrected chi connectivity index (χ4v) is 2.50. The van der Waals surface area contributed by atoms with E-state index >= 15 is 0 Å². The predicted molar refractivity (Wildman–Crippen MR) is 75.3 cm³/mol. The van der Waals surface area contributed by atoms with Crippen molar-refractivity contribution in [2.45, 2.75) is 12.8 Å². The Labute approximate surface area is 118 Å². The molecule has 0 aliphatic carbocycles. The van der Waals surface area contributed by atoms with E-state index in [0.29, 0.717) is 12.0 Å². The van der Waals surface area contributed by atoms with Crippen molar-refractivity contribution < 1.29 is 9.31 Å². The number of nitro groups is 1. The highest BCUT2D eigenvalue weighted by atomic mass is 19.1. The first-order chi connectivity index (χ1) is 9.56. The van der Waals surface area contributed by atoms with E-state index in [0.717, 1.165) is 45.2 Å². The average Bonchev–Trinajstić information content (AvgIpc) is 2.41. The SMILES string of the molecule is CN1CCN(CCCc2cc(F)ccc2[N+](=O)[O-])CC1. The van der Waals surface area contributed by atoms with Gasteiger partial charge in [0.15, 0.2) is 0 Å². The van der Waals surface area contributed by atoms with Gasteiger partial charge in [-0.15, -0.1) is 0 Å². The molecule has 0 saturated carbocycles. The predicted octanol–water partition coefficient (Wildman–Crippen LogP) is 1.91. The number of rotatable bonds is 5. The minimum atomic E-state index is -0.440. The van der Waals surface area contributed by atoms with Gasteiger partial charge in [0.05, 0.1) is 4.92 Å². The number of likely N-dealkylation sites (N-methyl/N-ethyl adjacent to an activating group) is 1. The molecule has 20 heavy (non-hydrogen) atoms. The van der Waals surface area contributed by atoms with E-state index in [9.17, 15) is 14.5 Å². The van der Waals surface area contributed by atoms with Gasteiger partial charge in [-0.2, -0.15) is 0 Å². The number of halogens is 1. The van der Waals surface area contributed by atoms with Crippen LogP contribution in [-0.2, 0) is 6.42 Å². The zero-order chi connectivity index (χ0) is 14.5. The third-order valence-electron chi connectivity index (χ3n) is 3.75. The lowest BCUT2D eigenvalue weighted by Crippen LogP contribution is -2.44. The van der Waals surface area contributed by atoms with Crippen LogP contribution in [0.3, 0.4) is 0 Å². The van der Waals surface area contributed by atoms with E-state index in [1.54, 1.807) is 0 Å². The van der Waals surface area contributed by atoms with Gasteiger partial charge in [-0.1, -0.05) is 0 Å². The lowest BCUT2D eigenvalue weighted by atomic mass is 10.1. The van der Waals surface area contributed by atoms with Crippen molar-refractivity contribution in [1.29, 1.82) is 0 Å². The van der Waals surface area contributed by atoms with Crippen molar-refractivity contribution in [3.05, 3.63) is 39.7 Å². The molecule has 0 aromatic heterocycles. The number of piperazine rings is 1. The summed E-state index contributed by atoms with van der Waals surface area (Å²) >= 11 is 0. The van der Waals surface area contributed by atoms with Crippen molar-refractivity contribution in [3.8, 4) is 0 Å². The molecule has 1 saturated heterocycles. The van der Waals surface area contributed by atoms with Gasteiger partial charge in [0.1, 0.15) is 5.82 Å². The largest absolute Gasteiger partial charge is 0.304 e. The van der Waals surface area contributed by atoms with Crippen LogP contribution in [0.15, 0.2) is 18.2 Å². The second-order valence-electron chi connectivity index (χ2n) is 5.28. The number of hydrogen-bond acceptors (Lipinski definition) is 4. The van der Waals surface area contributed by atoms with Crippen LogP contribution >= 0.6 is 0 Å². The van der Waals surface area contributed by atoms with Gasteiger partial charge in [-0.25, -0.2) is 4.39 Å². The Hall–Kier alpha value is -1.53. The molecule has 2 rings (SSSR count). The molecule has 0 bridgehead atoms. The van der Waals surface area contributed by atoms with Crippen molar-refractivity contribution in [2.75, 3.05) is 39.8 Å². The highest BCUT2D eigenvalue weighted by Crippen LogP contribution is 2.21. The zero-order valence-corrected chi connectivity index (χ0v) is 11.7. The highest BCUT2D eigenvalue weighted by molar-refractivity contribution is 5.40. The topological polar surface area (TPSA) is 49.6 Å². The Bertz CT molecular complexity index is 473.